The summed E-state index contributed by atoms with van der Waals surface area (Å²) in [5.41, 5.74) is 0.633. The van der Waals surface area contributed by atoms with Crippen LogP contribution < -0.4 is 15.4 Å². The molecule has 2 bridgehead atoms. The van der Waals surface area contributed by atoms with Gasteiger partial charge in [-0.1, -0.05) is 12.2 Å². The van der Waals surface area contributed by atoms with E-state index in [0.717, 1.165) is 6.42 Å². The van der Waals surface area contributed by atoms with Crippen molar-refractivity contribution in [3.63, 3.8) is 0 Å². The van der Waals surface area contributed by atoms with E-state index in [9.17, 15) is 14.4 Å². The summed E-state index contributed by atoms with van der Waals surface area (Å²) < 4.78 is 5.06. The van der Waals surface area contributed by atoms with Gasteiger partial charge in [0.05, 0.1) is 18.9 Å². The van der Waals surface area contributed by atoms with Gasteiger partial charge in [-0.2, -0.15) is 0 Å². The number of hydrogen-bond acceptors (Lipinski definition) is 4. The lowest BCUT2D eigenvalue weighted by Gasteiger charge is -2.17. The van der Waals surface area contributed by atoms with Crippen molar-refractivity contribution in [2.24, 2.45) is 23.7 Å². The number of rotatable bonds is 5. The van der Waals surface area contributed by atoms with Crippen molar-refractivity contribution in [2.75, 3.05) is 25.5 Å². The molecule has 7 nitrogen and oxygen atoms in total. The lowest BCUT2D eigenvalue weighted by atomic mass is 9.85. The first kappa shape index (κ1) is 16.6. The van der Waals surface area contributed by atoms with Gasteiger partial charge in [0, 0.05) is 18.8 Å². The molecule has 7 heteroatoms. The van der Waals surface area contributed by atoms with Crippen LogP contribution in [-0.4, -0.2) is 42.9 Å². The molecule has 4 atom stereocenters. The molecule has 3 aliphatic rings. The molecule has 1 heterocycles. The number of amides is 4. The summed E-state index contributed by atoms with van der Waals surface area (Å²) in [5.74, 6) is 0.561. The quantitative estimate of drug-likeness (QED) is 0.621. The van der Waals surface area contributed by atoms with Gasteiger partial charge in [-0.15, -0.1) is 0 Å². The van der Waals surface area contributed by atoms with Gasteiger partial charge in [-0.3, -0.25) is 14.5 Å². The van der Waals surface area contributed by atoms with Crippen molar-refractivity contribution in [2.45, 2.75) is 6.42 Å². The second kappa shape index (κ2) is 6.48. The van der Waals surface area contributed by atoms with Gasteiger partial charge in [-0.05, 0) is 42.5 Å². The summed E-state index contributed by atoms with van der Waals surface area (Å²) in [4.78, 5) is 38.4. The van der Waals surface area contributed by atoms with Gasteiger partial charge < -0.3 is 15.4 Å². The maximum absolute atomic E-state index is 12.5. The average Bonchev–Trinajstić information content (AvgIpc) is 3.32. The van der Waals surface area contributed by atoms with E-state index in [1.54, 1.807) is 31.4 Å². The first-order valence-electron chi connectivity index (χ1n) is 8.81. The number of hydrogen-bond donors (Lipinski definition) is 2. The predicted octanol–water partition coefficient (Wildman–Crippen LogP) is 1.62. The predicted molar refractivity (Wildman–Crippen MR) is 94.5 cm³/mol. The van der Waals surface area contributed by atoms with E-state index in [1.807, 2.05) is 0 Å². The van der Waals surface area contributed by atoms with Crippen molar-refractivity contribution in [3.05, 3.63) is 36.4 Å². The molecular weight excluding hydrogens is 334 g/mol. The summed E-state index contributed by atoms with van der Waals surface area (Å²) in [7, 11) is 1.58. The fourth-order valence-electron chi connectivity index (χ4n) is 4.32. The number of imide groups is 1. The molecule has 4 rings (SSSR count). The van der Waals surface area contributed by atoms with Crippen LogP contribution >= 0.6 is 0 Å². The number of carbonyl (C=O) groups is 3. The molecule has 2 N–H and O–H groups in total. The van der Waals surface area contributed by atoms with E-state index in [-0.39, 0.29) is 54.6 Å². The summed E-state index contributed by atoms with van der Waals surface area (Å²) >= 11 is 0. The van der Waals surface area contributed by atoms with Crippen LogP contribution in [0.3, 0.4) is 0 Å². The van der Waals surface area contributed by atoms with Gasteiger partial charge in [0.15, 0.2) is 0 Å². The number of nitrogens with one attached hydrogen (secondary N) is 2. The average molecular weight is 355 g/mol. The summed E-state index contributed by atoms with van der Waals surface area (Å²) in [5, 5.41) is 5.39. The summed E-state index contributed by atoms with van der Waals surface area (Å²) in [6.45, 7) is 0.432. The van der Waals surface area contributed by atoms with E-state index >= 15 is 0 Å². The van der Waals surface area contributed by atoms with Crippen LogP contribution in [0.15, 0.2) is 36.4 Å². The highest BCUT2D eigenvalue weighted by atomic mass is 16.5. The number of nitrogens with zero attached hydrogens (tertiary/aromatic N) is 1. The van der Waals surface area contributed by atoms with Crippen molar-refractivity contribution in [1.29, 1.82) is 0 Å². The van der Waals surface area contributed by atoms with Gasteiger partial charge in [-0.25, -0.2) is 4.79 Å². The Morgan fingerprint density at radius 3 is 2.31 bits per heavy atom. The van der Waals surface area contributed by atoms with E-state index in [1.165, 1.54) is 4.90 Å². The monoisotopic (exact) mass is 355 g/mol. The van der Waals surface area contributed by atoms with Crippen LogP contribution in [0.1, 0.15) is 6.42 Å². The molecule has 26 heavy (non-hydrogen) atoms. The van der Waals surface area contributed by atoms with E-state index in [0.29, 0.717) is 11.4 Å². The van der Waals surface area contributed by atoms with Crippen LogP contribution in [0, 0.1) is 23.7 Å². The molecule has 136 valence electrons. The number of methoxy groups -OCH3 is 1. The number of likely N-dealkylation sites (tertiary alicyclic amines) is 1. The smallest absolute Gasteiger partial charge is 0.319 e. The van der Waals surface area contributed by atoms with Crippen LogP contribution in [-0.2, 0) is 9.59 Å². The van der Waals surface area contributed by atoms with E-state index < -0.39 is 0 Å². The van der Waals surface area contributed by atoms with Crippen LogP contribution in [0.4, 0.5) is 10.5 Å². The highest BCUT2D eigenvalue weighted by Crippen LogP contribution is 2.52. The van der Waals surface area contributed by atoms with Crippen molar-refractivity contribution < 1.29 is 19.1 Å². The third kappa shape index (κ3) is 2.73. The third-order valence-electron chi connectivity index (χ3n) is 5.53. The molecule has 1 aromatic rings. The standard InChI is InChI=1S/C19H21N3O4/c1-26-14-6-4-13(5-7-14)21-19(25)20-8-9-22-17(23)15-11-2-3-12(10-11)16(15)18(22)24/h2-7,11-12,15-16H,8-10H2,1H3,(H2,20,21,25)/t11-,12-,15+,16+/m0/s1. The molecule has 2 aliphatic carbocycles. The minimum atomic E-state index is -0.379. The van der Waals surface area contributed by atoms with Crippen LogP contribution in [0.2, 0.25) is 0 Å². The largest absolute Gasteiger partial charge is 0.497 e. The molecule has 1 aliphatic heterocycles. The van der Waals surface area contributed by atoms with Gasteiger partial charge in [0.1, 0.15) is 5.75 Å². The van der Waals surface area contributed by atoms with Crippen molar-refractivity contribution >= 4 is 23.5 Å². The van der Waals surface area contributed by atoms with Gasteiger partial charge in [0.2, 0.25) is 11.8 Å². The molecule has 0 spiro atoms. The number of allylic oxidation sites excluding steroid dienone is 2. The number of ether oxygens (including phenoxy) is 1. The van der Waals surface area contributed by atoms with Crippen LogP contribution in [0.5, 0.6) is 5.75 Å². The Bertz CT molecular complexity index is 743. The van der Waals surface area contributed by atoms with E-state index in [2.05, 4.69) is 22.8 Å². The number of anilines is 1. The Hall–Kier alpha value is -2.83. The Kier molecular flexibility index (Phi) is 4.14. The van der Waals surface area contributed by atoms with Crippen LogP contribution in [0.25, 0.3) is 0 Å². The second-order valence-corrected chi connectivity index (χ2v) is 6.94. The molecule has 1 saturated heterocycles. The normalized spacial score (nSPS) is 28.4. The molecule has 0 aromatic heterocycles. The molecule has 4 amide bonds. The topological polar surface area (TPSA) is 87.7 Å². The third-order valence-corrected chi connectivity index (χ3v) is 5.53. The highest BCUT2D eigenvalue weighted by Gasteiger charge is 2.58. The molecular formula is C19H21N3O4. The first-order valence-corrected chi connectivity index (χ1v) is 8.81. The minimum absolute atomic E-state index is 0.0887. The molecule has 0 unspecified atom stereocenters. The van der Waals surface area contributed by atoms with Crippen molar-refractivity contribution in [3.8, 4) is 5.75 Å². The number of benzene rings is 1. The fraction of sp³-hybridized carbons (Fsp3) is 0.421. The second-order valence-electron chi connectivity index (χ2n) is 6.94. The minimum Gasteiger partial charge on any atom is -0.497 e. The summed E-state index contributed by atoms with van der Waals surface area (Å²) in [6, 6.07) is 6.58. The molecule has 2 fully saturated rings. The molecule has 1 saturated carbocycles. The SMILES string of the molecule is COc1ccc(NC(=O)NCCN2C(=O)[C@H]3[C@H](C2=O)[C@H]2C=C[C@H]3C2)cc1. The fourth-order valence-corrected chi connectivity index (χ4v) is 4.32. The number of fused-ring (bicyclic) bond motifs is 5. The Labute approximate surface area is 151 Å². The maximum Gasteiger partial charge on any atom is 0.319 e. The number of urea groups is 1. The van der Waals surface area contributed by atoms with Gasteiger partial charge in [0.25, 0.3) is 0 Å². The lowest BCUT2D eigenvalue weighted by molar-refractivity contribution is -0.140. The maximum atomic E-state index is 12.5. The molecule has 0 radical (unpaired) electrons. The number of carbonyl (C=O) groups excluding carboxylic acids is 3. The Balaban J connectivity index is 1.27. The lowest BCUT2D eigenvalue weighted by Crippen LogP contribution is -2.40. The zero-order chi connectivity index (χ0) is 18.3. The van der Waals surface area contributed by atoms with Crippen molar-refractivity contribution in [1.82, 2.24) is 10.2 Å². The molecule has 1 aromatic carbocycles. The Morgan fingerprint density at radius 1 is 1.12 bits per heavy atom. The highest BCUT2D eigenvalue weighted by molar-refractivity contribution is 6.06. The zero-order valence-electron chi connectivity index (χ0n) is 14.5. The van der Waals surface area contributed by atoms with Gasteiger partial charge >= 0.3 is 6.03 Å². The summed E-state index contributed by atoms with van der Waals surface area (Å²) in [6.07, 6.45) is 5.06. The Morgan fingerprint density at radius 2 is 1.73 bits per heavy atom. The van der Waals surface area contributed by atoms with E-state index in [4.69, 9.17) is 4.74 Å². The zero-order valence-corrected chi connectivity index (χ0v) is 14.5. The first-order chi connectivity index (χ1) is 12.6.